The van der Waals surface area contributed by atoms with Crippen molar-refractivity contribution >= 4 is 32.2 Å². The number of anilines is 1. The maximum atomic E-state index is 13.0. The third-order valence-corrected chi connectivity index (χ3v) is 9.61. The number of rotatable bonds is 6. The van der Waals surface area contributed by atoms with Crippen LogP contribution >= 0.6 is 15.2 Å². The Labute approximate surface area is 184 Å². The Balaban J connectivity index is 1.74. The third kappa shape index (κ3) is 4.01. The van der Waals surface area contributed by atoms with Gasteiger partial charge in [0.25, 0.3) is 0 Å². The number of methoxy groups -OCH3 is 1. The quantitative estimate of drug-likeness (QED) is 0.423. The van der Waals surface area contributed by atoms with Crippen LogP contribution in [0.4, 0.5) is 5.82 Å². The molecule has 15 heteroatoms. The molecule has 0 radical (unpaired) electrons. The molecule has 0 bridgehead atoms. The first kappa shape index (κ1) is 23.7. The lowest BCUT2D eigenvalue weighted by atomic mass is 10.1. The number of ether oxygens (including phenoxy) is 2. The molecule has 1 aliphatic heterocycles. The van der Waals surface area contributed by atoms with E-state index in [1.54, 1.807) is 25.3 Å². The number of nitrogens with two attached hydrogens (primary N) is 1. The molecule has 5 N–H and O–H groups in total. The monoisotopic (exact) mass is 491 g/mol. The van der Waals surface area contributed by atoms with E-state index in [1.807, 2.05) is 0 Å². The largest absolute Gasteiger partial charge is 0.382 e. The molecule has 0 amide bonds. The molecule has 2 aromatic heterocycles. The molecule has 4 rings (SSSR count). The Morgan fingerprint density at radius 3 is 2.44 bits per heavy atom. The second kappa shape index (κ2) is 7.82. The van der Waals surface area contributed by atoms with Crippen molar-refractivity contribution in [1.29, 1.82) is 0 Å². The molecule has 32 heavy (non-hydrogen) atoms. The first-order chi connectivity index (χ1) is 14.8. The van der Waals surface area contributed by atoms with Gasteiger partial charge in [0, 0.05) is 13.0 Å². The van der Waals surface area contributed by atoms with Crippen LogP contribution in [0.5, 0.6) is 0 Å². The zero-order valence-electron chi connectivity index (χ0n) is 18.0. The summed E-state index contributed by atoms with van der Waals surface area (Å²) in [6.45, 7) is 4.70. The summed E-state index contributed by atoms with van der Waals surface area (Å²) in [7, 11) is -7.14. The van der Waals surface area contributed by atoms with Gasteiger partial charge in [-0.25, -0.2) is 15.0 Å². The van der Waals surface area contributed by atoms with E-state index in [0.717, 1.165) is 0 Å². The van der Waals surface area contributed by atoms with Crippen molar-refractivity contribution in [3.05, 3.63) is 12.7 Å². The Kier molecular flexibility index (Phi) is 5.79. The molecular formula is C17H27N5O8P2. The van der Waals surface area contributed by atoms with Crippen LogP contribution in [0, 0.1) is 5.92 Å². The minimum Gasteiger partial charge on any atom is -0.382 e. The second-order valence-electron chi connectivity index (χ2n) is 9.09. The Hall–Kier alpha value is -1.43. The predicted octanol–water partition coefficient (Wildman–Crippen LogP) is 1.26. The summed E-state index contributed by atoms with van der Waals surface area (Å²) < 4.78 is 43.9. The summed E-state index contributed by atoms with van der Waals surface area (Å²) in [5.41, 5.74) is 5.65. The van der Waals surface area contributed by atoms with Crippen LogP contribution in [-0.2, 0) is 23.1 Å². The first-order valence-corrected chi connectivity index (χ1v) is 13.2. The molecule has 1 saturated carbocycles. The number of nitrogen functional groups attached to an aromatic ring is 1. The summed E-state index contributed by atoms with van der Waals surface area (Å²) in [4.78, 5) is 42.2. The molecule has 13 nitrogen and oxygen atoms in total. The lowest BCUT2D eigenvalue weighted by Crippen LogP contribution is -2.38. The fourth-order valence-electron chi connectivity index (χ4n) is 3.92. The molecule has 3 heterocycles. The summed E-state index contributed by atoms with van der Waals surface area (Å²) in [6.07, 6.45) is -0.864. The molecule has 2 fully saturated rings. The van der Waals surface area contributed by atoms with Gasteiger partial charge in [-0.1, -0.05) is 0 Å². The van der Waals surface area contributed by atoms with Crippen LogP contribution in [0.1, 0.15) is 33.4 Å². The van der Waals surface area contributed by atoms with Crippen LogP contribution in [0.2, 0.25) is 0 Å². The van der Waals surface area contributed by atoms with Crippen molar-refractivity contribution in [2.45, 2.75) is 62.5 Å². The zero-order chi connectivity index (χ0) is 23.6. The van der Waals surface area contributed by atoms with Gasteiger partial charge in [0.2, 0.25) is 0 Å². The first-order valence-electron chi connectivity index (χ1n) is 9.94. The summed E-state index contributed by atoms with van der Waals surface area (Å²) >= 11 is 0. The maximum Gasteiger partial charge on any atom is 0.333 e. The highest BCUT2D eigenvalue weighted by molar-refractivity contribution is 7.54. The number of hydrogen-bond acceptors (Lipinski definition) is 9. The average molecular weight is 491 g/mol. The van der Waals surface area contributed by atoms with Gasteiger partial charge in [-0.3, -0.25) is 18.2 Å². The smallest absolute Gasteiger partial charge is 0.333 e. The number of nitrogens with zero attached hydrogens (tertiary/aromatic N) is 4. The topological polar surface area (TPSA) is 192 Å². The fourth-order valence-corrected chi connectivity index (χ4v) is 6.00. The molecule has 178 valence electrons. The van der Waals surface area contributed by atoms with Gasteiger partial charge in [0.15, 0.2) is 17.7 Å². The van der Waals surface area contributed by atoms with Crippen molar-refractivity contribution in [3.8, 4) is 0 Å². The van der Waals surface area contributed by atoms with Gasteiger partial charge >= 0.3 is 15.2 Å². The normalized spacial score (nSPS) is 32.8. The lowest BCUT2D eigenvalue weighted by Gasteiger charge is -2.31. The van der Waals surface area contributed by atoms with Crippen LogP contribution < -0.4 is 5.73 Å². The van der Waals surface area contributed by atoms with Crippen LogP contribution in [0.25, 0.3) is 11.2 Å². The highest BCUT2D eigenvalue weighted by Gasteiger charge is 2.62. The molecule has 1 aliphatic carbocycles. The number of hydrogen-bond donors (Lipinski definition) is 4. The van der Waals surface area contributed by atoms with Gasteiger partial charge in [0.05, 0.1) is 23.2 Å². The Morgan fingerprint density at radius 1 is 1.19 bits per heavy atom. The molecule has 4 unspecified atom stereocenters. The molecule has 0 spiro atoms. The highest BCUT2D eigenvalue weighted by Crippen LogP contribution is 2.64. The van der Waals surface area contributed by atoms with E-state index in [9.17, 15) is 23.8 Å². The zero-order valence-corrected chi connectivity index (χ0v) is 19.8. The van der Waals surface area contributed by atoms with Crippen molar-refractivity contribution < 1.29 is 37.8 Å². The van der Waals surface area contributed by atoms with Crippen molar-refractivity contribution in [2.24, 2.45) is 5.92 Å². The molecular weight excluding hydrogens is 464 g/mol. The predicted molar refractivity (Wildman–Crippen MR) is 113 cm³/mol. The molecule has 2 aliphatic rings. The van der Waals surface area contributed by atoms with E-state index in [0.29, 0.717) is 11.2 Å². The summed E-state index contributed by atoms with van der Waals surface area (Å²) in [5, 5.41) is -1.09. The molecule has 1 saturated heterocycles. The summed E-state index contributed by atoms with van der Waals surface area (Å²) in [5.74, 6) is -0.403. The number of aromatic nitrogens is 4. The van der Waals surface area contributed by atoms with Gasteiger partial charge in [-0.2, -0.15) is 0 Å². The number of imidazole rings is 1. The van der Waals surface area contributed by atoms with Crippen molar-refractivity contribution in [2.75, 3.05) is 12.8 Å². The van der Waals surface area contributed by atoms with Gasteiger partial charge in [0.1, 0.15) is 24.1 Å². The highest BCUT2D eigenvalue weighted by atomic mass is 31.2. The summed E-state index contributed by atoms with van der Waals surface area (Å²) in [6, 6.07) is 0. The molecule has 0 aromatic carbocycles. The van der Waals surface area contributed by atoms with E-state index in [2.05, 4.69) is 15.0 Å². The van der Waals surface area contributed by atoms with Crippen LogP contribution in [-0.4, -0.2) is 70.4 Å². The van der Waals surface area contributed by atoms with Gasteiger partial charge < -0.3 is 29.9 Å². The van der Waals surface area contributed by atoms with Gasteiger partial charge in [-0.05, 0) is 27.2 Å². The van der Waals surface area contributed by atoms with Crippen LogP contribution in [0.15, 0.2) is 12.7 Å². The van der Waals surface area contributed by atoms with E-state index in [-0.39, 0.29) is 12.2 Å². The van der Waals surface area contributed by atoms with E-state index in [1.165, 1.54) is 19.8 Å². The average Bonchev–Trinajstić information content (AvgIpc) is 3.24. The Bertz CT molecular complexity index is 1110. The SMILES string of the molecule is COC1[C@@H](OP(=O)(O)C(C)(C)C)[C@@H](C2CC2P(=O)(O)O)O[C@H]1n1cnc2c(N)ncnc21. The number of fused-ring (bicyclic) bond motifs is 1. The van der Waals surface area contributed by atoms with Crippen molar-refractivity contribution in [3.63, 3.8) is 0 Å². The standard InChI is InChI=1S/C17H27N5O8P2/c1-17(2,3)32(26,27)30-12-11(8-5-9(8)31(23,24)25)29-16(13(12)28-4)22-7-21-10-14(18)19-6-20-15(10)22/h6-9,11-13,16H,5H2,1-4H3,(H,26,27)(H2,18,19,20)(H2,23,24,25)/t8?,9?,11-,12+,13?,16-/m1/s1. The minimum atomic E-state index is -4.36. The van der Waals surface area contributed by atoms with E-state index in [4.69, 9.17) is 19.7 Å². The van der Waals surface area contributed by atoms with E-state index >= 15 is 0 Å². The minimum absolute atomic E-state index is 0.168. The van der Waals surface area contributed by atoms with Crippen molar-refractivity contribution in [1.82, 2.24) is 19.5 Å². The Morgan fingerprint density at radius 2 is 1.88 bits per heavy atom. The third-order valence-electron chi connectivity index (χ3n) is 5.93. The van der Waals surface area contributed by atoms with E-state index < -0.39 is 56.5 Å². The maximum absolute atomic E-state index is 13.0. The van der Waals surface area contributed by atoms with Gasteiger partial charge in [-0.15, -0.1) is 0 Å². The lowest BCUT2D eigenvalue weighted by molar-refractivity contribution is -0.0526. The molecule has 2 aromatic rings. The fraction of sp³-hybridized carbons (Fsp3) is 0.706. The molecule has 7 atom stereocenters. The second-order valence-corrected chi connectivity index (χ2v) is 13.5. The van der Waals surface area contributed by atoms with Crippen LogP contribution in [0.3, 0.4) is 0 Å².